The van der Waals surface area contributed by atoms with Gasteiger partial charge in [0.25, 0.3) is 0 Å². The van der Waals surface area contributed by atoms with Crippen LogP contribution in [0.15, 0.2) is 28.7 Å². The molecule has 1 aromatic carbocycles. The summed E-state index contributed by atoms with van der Waals surface area (Å²) in [6, 6.07) is 4.09. The minimum atomic E-state index is -0.899. The lowest BCUT2D eigenvalue weighted by molar-refractivity contribution is -0.157. The molecule has 0 aliphatic rings. The van der Waals surface area contributed by atoms with Gasteiger partial charge >= 0.3 is 0 Å². The molecule has 2 N–H and O–H groups in total. The molecule has 0 saturated heterocycles. The van der Waals surface area contributed by atoms with Crippen LogP contribution in [0.25, 0.3) is 0 Å². The summed E-state index contributed by atoms with van der Waals surface area (Å²) in [6.07, 6.45) is 0.644. The summed E-state index contributed by atoms with van der Waals surface area (Å²) < 4.78 is 0.982. The number of rotatable bonds is 18. The quantitative estimate of drug-likeness (QED) is 0.230. The lowest BCUT2D eigenvalue weighted by Crippen LogP contribution is -2.62. The summed E-state index contributed by atoms with van der Waals surface area (Å²) >= 11 is 3.44. The summed E-state index contributed by atoms with van der Waals surface area (Å²) in [7, 11) is 8.15. The lowest BCUT2D eigenvalue weighted by atomic mass is 9.93. The summed E-state index contributed by atoms with van der Waals surface area (Å²) in [5.74, 6) is -2.54. The van der Waals surface area contributed by atoms with Crippen molar-refractivity contribution in [3.05, 3.63) is 34.3 Å². The van der Waals surface area contributed by atoms with Crippen LogP contribution in [0.4, 0.5) is 0 Å². The number of amides is 5. The largest absolute Gasteiger partial charge is 0.354 e. The topological polar surface area (TPSA) is 122 Å². The Bertz CT molecular complexity index is 1280. The number of nitrogens with one attached hydrogen (secondary N) is 2. The second-order valence-corrected chi connectivity index (χ2v) is 16.1. The summed E-state index contributed by atoms with van der Waals surface area (Å²) in [4.78, 5) is 75.5. The minimum absolute atomic E-state index is 0.0105. The molecular weight excluding hydrogens is 700 g/mol. The van der Waals surface area contributed by atoms with Gasteiger partial charge in [0.15, 0.2) is 0 Å². The molecule has 11 nitrogen and oxygen atoms in total. The Labute approximate surface area is 310 Å². The Morgan fingerprint density at radius 1 is 0.560 bits per heavy atom. The fourth-order valence-corrected chi connectivity index (χ4v) is 7.11. The Morgan fingerprint density at radius 3 is 1.22 bits per heavy atom. The highest BCUT2D eigenvalue weighted by molar-refractivity contribution is 9.10. The van der Waals surface area contributed by atoms with Crippen molar-refractivity contribution in [2.45, 2.75) is 106 Å². The van der Waals surface area contributed by atoms with Crippen LogP contribution in [-0.2, 0) is 30.4 Å². The maximum absolute atomic E-state index is 14.4. The van der Waals surface area contributed by atoms with Gasteiger partial charge in [-0.1, -0.05) is 97.3 Å². The van der Waals surface area contributed by atoms with Crippen molar-refractivity contribution < 1.29 is 24.0 Å². The van der Waals surface area contributed by atoms with Crippen LogP contribution in [0.1, 0.15) is 74.8 Å². The van der Waals surface area contributed by atoms with Crippen LogP contribution in [0, 0.1) is 29.6 Å². The van der Waals surface area contributed by atoms with Gasteiger partial charge in [-0.25, -0.2) is 0 Å². The van der Waals surface area contributed by atoms with Gasteiger partial charge in [0, 0.05) is 39.2 Å². The Morgan fingerprint density at radius 2 is 0.900 bits per heavy atom. The Balaban J connectivity index is 3.31. The third-order valence-corrected chi connectivity index (χ3v) is 10.0. The molecule has 1 rings (SSSR count). The zero-order valence-corrected chi connectivity index (χ0v) is 34.8. The van der Waals surface area contributed by atoms with Crippen molar-refractivity contribution in [2.75, 3.05) is 41.8 Å². The fraction of sp³-hybridized carbons (Fsp3) is 0.711. The third-order valence-electron chi connectivity index (χ3n) is 9.48. The number of likely N-dealkylation sites (N-methyl/N-ethyl adjacent to an activating group) is 5. The lowest BCUT2D eigenvalue weighted by Gasteiger charge is -2.42. The van der Waals surface area contributed by atoms with Gasteiger partial charge in [-0.2, -0.15) is 0 Å². The summed E-state index contributed by atoms with van der Waals surface area (Å²) in [5, 5.41) is 6.06. The predicted molar refractivity (Wildman–Crippen MR) is 204 cm³/mol. The highest BCUT2D eigenvalue weighted by atomic mass is 79.9. The molecule has 5 amide bonds. The second kappa shape index (κ2) is 20.2. The minimum Gasteiger partial charge on any atom is -0.354 e. The van der Waals surface area contributed by atoms with Crippen molar-refractivity contribution in [3.63, 3.8) is 0 Å². The maximum Gasteiger partial charge on any atom is 0.246 e. The second-order valence-electron chi connectivity index (χ2n) is 15.2. The van der Waals surface area contributed by atoms with E-state index >= 15 is 0 Å². The molecule has 0 aromatic heterocycles. The van der Waals surface area contributed by atoms with Crippen LogP contribution < -0.4 is 10.6 Å². The molecule has 0 saturated carbocycles. The maximum atomic E-state index is 14.4. The molecule has 0 fully saturated rings. The van der Waals surface area contributed by atoms with Crippen molar-refractivity contribution >= 4 is 45.5 Å². The number of nitrogens with zero attached hydrogens (tertiary/aromatic N) is 4. The SMILES string of the molecule is CN[C@H](C(=O)N(C)[C@H](C(=O)N(C)[C@H](C(=O)N(C)[C@H](C(=O)N(C)[C@H](C(=O)NCCc1ccc(Br)cc1)C(C)C)C(C)C)C(C)C)C(C)C)C(C)C. The highest BCUT2D eigenvalue weighted by Gasteiger charge is 2.43. The van der Waals surface area contributed by atoms with Crippen LogP contribution >= 0.6 is 15.9 Å². The number of hydrogen-bond acceptors (Lipinski definition) is 6. The number of carbonyl (C=O) groups excluding carboxylic acids is 5. The fourth-order valence-electron chi connectivity index (χ4n) is 6.84. The molecule has 0 aliphatic heterocycles. The number of halogens is 1. The van der Waals surface area contributed by atoms with E-state index in [2.05, 4.69) is 26.6 Å². The van der Waals surface area contributed by atoms with Gasteiger partial charge in [-0.05, 0) is 60.8 Å². The van der Waals surface area contributed by atoms with E-state index in [9.17, 15) is 24.0 Å². The van der Waals surface area contributed by atoms with E-state index in [1.54, 1.807) is 35.2 Å². The predicted octanol–water partition coefficient (Wildman–Crippen LogP) is 4.28. The molecule has 0 aliphatic carbocycles. The molecular formula is C38H65BrN6O5. The van der Waals surface area contributed by atoms with E-state index in [-0.39, 0.29) is 59.1 Å². The van der Waals surface area contributed by atoms with Crippen LogP contribution in [-0.4, -0.2) is 121 Å². The normalized spacial score (nSPS) is 14.7. The monoisotopic (exact) mass is 764 g/mol. The first-order valence-electron chi connectivity index (χ1n) is 17.9. The van der Waals surface area contributed by atoms with E-state index in [0.717, 1.165) is 10.0 Å². The van der Waals surface area contributed by atoms with Crippen molar-refractivity contribution in [2.24, 2.45) is 29.6 Å². The van der Waals surface area contributed by atoms with E-state index in [1.807, 2.05) is 93.5 Å². The molecule has 0 unspecified atom stereocenters. The number of hydrogen-bond donors (Lipinski definition) is 2. The van der Waals surface area contributed by atoms with Crippen LogP contribution in [0.2, 0.25) is 0 Å². The first-order valence-corrected chi connectivity index (χ1v) is 18.7. The molecule has 0 bridgehead atoms. The third kappa shape index (κ3) is 11.5. The molecule has 50 heavy (non-hydrogen) atoms. The summed E-state index contributed by atoms with van der Waals surface area (Å²) in [5.41, 5.74) is 1.08. The Kier molecular flexibility index (Phi) is 18.1. The zero-order chi connectivity index (χ0) is 38.8. The molecule has 0 heterocycles. The number of carbonyl (C=O) groups is 5. The van der Waals surface area contributed by atoms with Crippen molar-refractivity contribution in [1.29, 1.82) is 0 Å². The van der Waals surface area contributed by atoms with Gasteiger partial charge < -0.3 is 30.2 Å². The van der Waals surface area contributed by atoms with Crippen molar-refractivity contribution in [3.8, 4) is 0 Å². The molecule has 0 radical (unpaired) electrons. The van der Waals surface area contributed by atoms with Crippen LogP contribution in [0.5, 0.6) is 0 Å². The van der Waals surface area contributed by atoms with E-state index in [4.69, 9.17) is 0 Å². The first kappa shape index (κ1) is 45.0. The molecule has 284 valence electrons. The van der Waals surface area contributed by atoms with Gasteiger partial charge in [-0.15, -0.1) is 0 Å². The van der Waals surface area contributed by atoms with Gasteiger partial charge in [-0.3, -0.25) is 24.0 Å². The van der Waals surface area contributed by atoms with Gasteiger partial charge in [0.05, 0.1) is 6.04 Å². The Hall–Kier alpha value is -2.99. The van der Waals surface area contributed by atoms with E-state index in [1.165, 1.54) is 19.6 Å². The first-order chi connectivity index (χ1) is 23.1. The van der Waals surface area contributed by atoms with Crippen LogP contribution in [0.3, 0.4) is 0 Å². The smallest absolute Gasteiger partial charge is 0.246 e. The highest BCUT2D eigenvalue weighted by Crippen LogP contribution is 2.24. The standard InChI is InChI=1S/C38H65BrN6O5/c1-22(2)29(40-11)35(47)43(13)31(24(5)6)37(49)45(15)33(26(9)10)38(50)44(14)32(25(7)8)36(48)42(12)30(23(3)4)34(46)41-21-20-27-16-18-28(39)19-17-27/h16-19,22-26,29-33,40H,20-21H2,1-15H3,(H,41,46)/t29-,30-,31-,32-,33-/m0/s1. The number of benzene rings is 1. The van der Waals surface area contributed by atoms with E-state index in [0.29, 0.717) is 13.0 Å². The molecule has 0 spiro atoms. The average Bonchev–Trinajstić information content (AvgIpc) is 3.01. The van der Waals surface area contributed by atoms with E-state index < -0.39 is 30.2 Å². The molecule has 12 heteroatoms. The van der Waals surface area contributed by atoms with Crippen molar-refractivity contribution in [1.82, 2.24) is 30.2 Å². The van der Waals surface area contributed by atoms with Gasteiger partial charge in [0.1, 0.15) is 24.2 Å². The van der Waals surface area contributed by atoms with Gasteiger partial charge in [0.2, 0.25) is 29.5 Å². The molecule has 5 atom stereocenters. The zero-order valence-electron chi connectivity index (χ0n) is 33.2. The molecule has 1 aromatic rings. The summed E-state index contributed by atoms with van der Waals surface area (Å²) in [6.45, 7) is 19.3. The average molecular weight is 766 g/mol.